The van der Waals surface area contributed by atoms with Crippen LogP contribution in [-0.2, 0) is 0 Å². The van der Waals surface area contributed by atoms with Crippen molar-refractivity contribution in [2.75, 3.05) is 6.54 Å². The van der Waals surface area contributed by atoms with E-state index in [2.05, 4.69) is 30.3 Å². The summed E-state index contributed by atoms with van der Waals surface area (Å²) in [6, 6.07) is 9.75. The molecule has 5 nitrogen and oxygen atoms in total. The van der Waals surface area contributed by atoms with Gasteiger partial charge in [-0.2, -0.15) is 10.4 Å². The molecule has 1 heterocycles. The predicted molar refractivity (Wildman–Crippen MR) is 92.8 cm³/mol. The van der Waals surface area contributed by atoms with Gasteiger partial charge in [0.15, 0.2) is 0 Å². The first kappa shape index (κ1) is 16.7. The highest BCUT2D eigenvalue weighted by atomic mass is 16.3. The highest BCUT2D eigenvalue weighted by Crippen LogP contribution is 2.26. The molecule has 24 heavy (non-hydrogen) atoms. The minimum atomic E-state index is -0.160. The van der Waals surface area contributed by atoms with Crippen LogP contribution in [0, 0.1) is 24.2 Å². The van der Waals surface area contributed by atoms with Gasteiger partial charge in [0.1, 0.15) is 0 Å². The molecule has 1 aliphatic carbocycles. The summed E-state index contributed by atoms with van der Waals surface area (Å²) >= 11 is 0. The number of aromatic nitrogens is 2. The molecular weight excluding hydrogens is 300 g/mol. The Balaban J connectivity index is 1.70. The summed E-state index contributed by atoms with van der Waals surface area (Å²) in [5, 5.41) is 26.9. The topological polar surface area (TPSA) is 73.9 Å². The van der Waals surface area contributed by atoms with E-state index in [0.29, 0.717) is 11.5 Å². The third kappa shape index (κ3) is 3.35. The Morgan fingerprint density at radius 1 is 1.38 bits per heavy atom. The molecule has 0 spiro atoms. The second-order valence-corrected chi connectivity index (χ2v) is 6.64. The van der Waals surface area contributed by atoms with Crippen molar-refractivity contribution in [1.29, 1.82) is 5.26 Å². The molecule has 2 N–H and O–H groups in total. The molecule has 5 heteroatoms. The van der Waals surface area contributed by atoms with Crippen LogP contribution in [0.1, 0.15) is 49.0 Å². The first-order valence-corrected chi connectivity index (χ1v) is 8.56. The lowest BCUT2D eigenvalue weighted by Crippen LogP contribution is -2.29. The molecule has 0 saturated heterocycles. The number of benzene rings is 1. The van der Waals surface area contributed by atoms with E-state index in [9.17, 15) is 5.11 Å². The normalized spacial score (nSPS) is 21.6. The van der Waals surface area contributed by atoms with Gasteiger partial charge in [0.2, 0.25) is 0 Å². The summed E-state index contributed by atoms with van der Waals surface area (Å²) in [5.74, 6) is 0.362. The van der Waals surface area contributed by atoms with Gasteiger partial charge in [-0.25, -0.2) is 4.68 Å². The third-order valence-corrected chi connectivity index (χ3v) is 5.06. The lowest BCUT2D eigenvalue weighted by atomic mass is 10.0. The Hall–Kier alpha value is -2.16. The largest absolute Gasteiger partial charge is 0.393 e. The molecule has 126 valence electrons. The summed E-state index contributed by atoms with van der Waals surface area (Å²) in [6.45, 7) is 5.03. The zero-order valence-corrected chi connectivity index (χ0v) is 14.2. The maximum absolute atomic E-state index is 9.94. The third-order valence-electron chi connectivity index (χ3n) is 5.06. The fourth-order valence-corrected chi connectivity index (χ4v) is 3.48. The van der Waals surface area contributed by atoms with E-state index in [-0.39, 0.29) is 12.1 Å². The molecule has 1 fully saturated rings. The number of aliphatic hydroxyl groups excluding tert-OH is 1. The fourth-order valence-electron chi connectivity index (χ4n) is 3.48. The number of rotatable bonds is 5. The van der Waals surface area contributed by atoms with Gasteiger partial charge in [-0.1, -0.05) is 6.42 Å². The summed E-state index contributed by atoms with van der Waals surface area (Å²) in [4.78, 5) is 0. The Bertz CT molecular complexity index is 729. The van der Waals surface area contributed by atoms with Crippen LogP contribution in [0.4, 0.5) is 0 Å². The fraction of sp³-hybridized carbons (Fsp3) is 0.474. The van der Waals surface area contributed by atoms with Gasteiger partial charge in [0, 0.05) is 23.8 Å². The van der Waals surface area contributed by atoms with Crippen LogP contribution in [0.5, 0.6) is 0 Å². The van der Waals surface area contributed by atoms with Gasteiger partial charge in [0.05, 0.1) is 29.6 Å². The molecule has 0 radical (unpaired) electrons. The molecule has 3 rings (SSSR count). The van der Waals surface area contributed by atoms with Crippen molar-refractivity contribution >= 4 is 0 Å². The number of nitriles is 1. The quantitative estimate of drug-likeness (QED) is 0.887. The molecule has 0 bridgehead atoms. The van der Waals surface area contributed by atoms with E-state index in [1.807, 2.05) is 23.0 Å². The van der Waals surface area contributed by atoms with Crippen molar-refractivity contribution in [3.05, 3.63) is 47.3 Å². The van der Waals surface area contributed by atoms with Crippen LogP contribution in [0.2, 0.25) is 0 Å². The van der Waals surface area contributed by atoms with Crippen LogP contribution in [0.15, 0.2) is 30.5 Å². The lowest BCUT2D eigenvalue weighted by Gasteiger charge is -2.19. The number of hydrogen-bond donors (Lipinski definition) is 2. The van der Waals surface area contributed by atoms with Crippen molar-refractivity contribution in [3.63, 3.8) is 0 Å². The average Bonchev–Trinajstić information content (AvgIpc) is 3.18. The van der Waals surface area contributed by atoms with Gasteiger partial charge >= 0.3 is 0 Å². The Morgan fingerprint density at radius 2 is 2.12 bits per heavy atom. The number of nitrogens with zero attached hydrogens (tertiary/aromatic N) is 3. The Morgan fingerprint density at radius 3 is 2.75 bits per heavy atom. The zero-order valence-electron chi connectivity index (χ0n) is 14.2. The minimum absolute atomic E-state index is 0.160. The highest BCUT2D eigenvalue weighted by Gasteiger charge is 2.25. The molecule has 1 aromatic carbocycles. The highest BCUT2D eigenvalue weighted by molar-refractivity contribution is 5.40. The van der Waals surface area contributed by atoms with Gasteiger partial charge < -0.3 is 10.4 Å². The number of aliphatic hydroxyl groups is 1. The molecule has 0 unspecified atom stereocenters. The smallest absolute Gasteiger partial charge is 0.0991 e. The molecule has 1 saturated carbocycles. The van der Waals surface area contributed by atoms with Gasteiger partial charge in [-0.15, -0.1) is 0 Å². The van der Waals surface area contributed by atoms with Gasteiger partial charge in [0.25, 0.3) is 0 Å². The van der Waals surface area contributed by atoms with Crippen molar-refractivity contribution in [2.45, 2.75) is 45.3 Å². The second-order valence-electron chi connectivity index (χ2n) is 6.64. The van der Waals surface area contributed by atoms with E-state index >= 15 is 0 Å². The maximum atomic E-state index is 9.94. The van der Waals surface area contributed by atoms with E-state index in [1.54, 1.807) is 12.1 Å². The van der Waals surface area contributed by atoms with E-state index in [1.165, 1.54) is 0 Å². The van der Waals surface area contributed by atoms with E-state index in [0.717, 1.165) is 42.8 Å². The summed E-state index contributed by atoms with van der Waals surface area (Å²) in [6.07, 6.45) is 4.89. The minimum Gasteiger partial charge on any atom is -0.393 e. The van der Waals surface area contributed by atoms with Crippen LogP contribution in [0.3, 0.4) is 0 Å². The van der Waals surface area contributed by atoms with Crippen LogP contribution >= 0.6 is 0 Å². The van der Waals surface area contributed by atoms with Crippen molar-refractivity contribution < 1.29 is 5.11 Å². The second kappa shape index (κ2) is 7.16. The molecular formula is C19H24N4O. The summed E-state index contributed by atoms with van der Waals surface area (Å²) < 4.78 is 1.90. The molecule has 0 amide bonds. The summed E-state index contributed by atoms with van der Waals surface area (Å²) in [5.41, 5.74) is 3.85. The van der Waals surface area contributed by atoms with Crippen LogP contribution in [-0.4, -0.2) is 27.5 Å². The average molecular weight is 324 g/mol. The standard InChI is InChI=1S/C19H24N4O/c1-13(21-11-16-4-3-5-19(16)24)18-12-22-23(14(18)2)17-8-6-15(10-20)7-9-17/h6-9,12-13,16,19,21,24H,3-5,11H2,1-2H3/t13-,16-,19+/m0/s1. The first-order valence-electron chi connectivity index (χ1n) is 8.56. The lowest BCUT2D eigenvalue weighted by molar-refractivity contribution is 0.130. The molecule has 1 aromatic heterocycles. The van der Waals surface area contributed by atoms with Crippen LogP contribution in [0.25, 0.3) is 5.69 Å². The Kier molecular flexibility index (Phi) is 4.98. The predicted octanol–water partition coefficient (Wildman–Crippen LogP) is 2.86. The SMILES string of the molecule is Cc1c([C@H](C)NC[C@@H]2CCC[C@H]2O)cnn1-c1ccc(C#N)cc1. The monoisotopic (exact) mass is 324 g/mol. The maximum Gasteiger partial charge on any atom is 0.0991 e. The molecule has 1 aliphatic rings. The molecule has 2 aromatic rings. The Labute approximate surface area is 142 Å². The van der Waals surface area contributed by atoms with Crippen molar-refractivity contribution in [3.8, 4) is 11.8 Å². The van der Waals surface area contributed by atoms with E-state index in [4.69, 9.17) is 5.26 Å². The molecule has 0 aliphatic heterocycles. The van der Waals surface area contributed by atoms with Crippen LogP contribution < -0.4 is 5.32 Å². The van der Waals surface area contributed by atoms with E-state index < -0.39 is 0 Å². The first-order chi connectivity index (χ1) is 11.6. The zero-order chi connectivity index (χ0) is 17.1. The molecule has 3 atom stereocenters. The van der Waals surface area contributed by atoms with Crippen molar-refractivity contribution in [1.82, 2.24) is 15.1 Å². The van der Waals surface area contributed by atoms with Gasteiger partial charge in [-0.3, -0.25) is 0 Å². The summed E-state index contributed by atoms with van der Waals surface area (Å²) in [7, 11) is 0. The number of hydrogen-bond acceptors (Lipinski definition) is 4. The van der Waals surface area contributed by atoms with Crippen molar-refractivity contribution in [2.24, 2.45) is 5.92 Å². The van der Waals surface area contributed by atoms with Gasteiger partial charge in [-0.05, 0) is 56.9 Å². The number of nitrogens with one attached hydrogen (secondary N) is 1.